The van der Waals surface area contributed by atoms with Crippen LogP contribution in [0.2, 0.25) is 0 Å². The van der Waals surface area contributed by atoms with Gasteiger partial charge in [-0.15, -0.1) is 0 Å². The zero-order valence-electron chi connectivity index (χ0n) is 18.5. The van der Waals surface area contributed by atoms with Gasteiger partial charge in [0.05, 0.1) is 24.0 Å². The molecule has 2 aromatic rings. The smallest absolute Gasteiger partial charge is 0.252 e. The van der Waals surface area contributed by atoms with E-state index in [1.165, 1.54) is 17.5 Å². The van der Waals surface area contributed by atoms with Crippen molar-refractivity contribution < 1.29 is 18.3 Å². The number of piperidine rings is 1. The Morgan fingerprint density at radius 1 is 1.28 bits per heavy atom. The molecule has 2 fully saturated rings. The Balaban J connectivity index is 1.52. The van der Waals surface area contributed by atoms with E-state index in [9.17, 15) is 18.3 Å². The van der Waals surface area contributed by atoms with Gasteiger partial charge in [-0.2, -0.15) is 4.98 Å². The van der Waals surface area contributed by atoms with Crippen LogP contribution in [0.5, 0.6) is 0 Å². The second-order valence-corrected chi connectivity index (χ2v) is 11.0. The van der Waals surface area contributed by atoms with Gasteiger partial charge in [-0.1, -0.05) is 0 Å². The number of nitrogens with zero attached hydrogens (tertiary/aromatic N) is 4. The third-order valence-electron chi connectivity index (χ3n) is 6.58. The first kappa shape index (κ1) is 23.1. The maximum atomic E-state index is 12.7. The zero-order valence-corrected chi connectivity index (χ0v) is 19.3. The first-order valence-electron chi connectivity index (χ1n) is 11.1. The van der Waals surface area contributed by atoms with Crippen LogP contribution in [0.3, 0.4) is 0 Å². The molecule has 4 rings (SSSR count). The summed E-state index contributed by atoms with van der Waals surface area (Å²) in [5.74, 6) is 0.382. The Labute approximate surface area is 187 Å². The fourth-order valence-electron chi connectivity index (χ4n) is 4.73. The van der Waals surface area contributed by atoms with Crippen LogP contribution in [-0.2, 0) is 14.8 Å². The number of nitrogens with one attached hydrogen (secondary N) is 1. The minimum absolute atomic E-state index is 0.0160. The maximum Gasteiger partial charge on any atom is 0.252 e. The number of hydrogen-bond donors (Lipinski definition) is 2. The predicted octanol–water partition coefficient (Wildman–Crippen LogP) is 1.12. The third-order valence-corrected chi connectivity index (χ3v) is 8.42. The molecule has 1 aliphatic heterocycles. The number of anilines is 1. The number of methoxy groups -OCH3 is 1. The number of aliphatic hydroxyl groups is 1. The lowest BCUT2D eigenvalue weighted by Gasteiger charge is -2.31. The summed E-state index contributed by atoms with van der Waals surface area (Å²) in [6, 6.07) is 2.89. The number of pyridine rings is 1. The molecule has 10 nitrogen and oxygen atoms in total. The van der Waals surface area contributed by atoms with Crippen molar-refractivity contribution >= 4 is 27.0 Å². The molecule has 2 aliphatic rings. The zero-order chi connectivity index (χ0) is 22.9. The van der Waals surface area contributed by atoms with E-state index in [0.717, 1.165) is 18.2 Å². The average Bonchev–Trinajstić information content (AvgIpc) is 3.11. The number of sulfonamides is 1. The van der Waals surface area contributed by atoms with Crippen LogP contribution >= 0.6 is 0 Å². The van der Waals surface area contributed by atoms with Gasteiger partial charge in [0.25, 0.3) is 5.56 Å². The van der Waals surface area contributed by atoms with Crippen LogP contribution in [0, 0.1) is 0 Å². The van der Waals surface area contributed by atoms with Crippen LogP contribution in [0.1, 0.15) is 45.1 Å². The van der Waals surface area contributed by atoms with E-state index >= 15 is 0 Å². The molecule has 0 unspecified atom stereocenters. The van der Waals surface area contributed by atoms with E-state index in [-0.39, 0.29) is 30.0 Å². The number of ether oxygens (including phenoxy) is 1. The molecular formula is C21H31N5O5S. The molecule has 0 amide bonds. The Bertz CT molecular complexity index is 1130. The van der Waals surface area contributed by atoms with E-state index in [4.69, 9.17) is 4.74 Å². The van der Waals surface area contributed by atoms with Crippen molar-refractivity contribution in [3.8, 4) is 0 Å². The highest BCUT2D eigenvalue weighted by Gasteiger charge is 2.39. The SMILES string of the molecule is COCCS(=O)(=O)N1CCC(Nc2ncc3ccc(=O)n([C@H]4CCC[C@]4(C)O)c3n2)CC1. The molecule has 0 bridgehead atoms. The van der Waals surface area contributed by atoms with Gasteiger partial charge in [-0.3, -0.25) is 9.36 Å². The normalized spacial score (nSPS) is 25.4. The summed E-state index contributed by atoms with van der Waals surface area (Å²) >= 11 is 0. The van der Waals surface area contributed by atoms with Crippen LogP contribution in [-0.4, -0.2) is 76.6 Å². The number of aromatic nitrogens is 3. The van der Waals surface area contributed by atoms with Crippen molar-refractivity contribution in [2.45, 2.75) is 56.7 Å². The molecule has 2 N–H and O–H groups in total. The van der Waals surface area contributed by atoms with E-state index in [2.05, 4.69) is 15.3 Å². The number of fused-ring (bicyclic) bond motifs is 1. The molecule has 2 aromatic heterocycles. The first-order chi connectivity index (χ1) is 15.2. The Hall–Kier alpha value is -2.08. The summed E-state index contributed by atoms with van der Waals surface area (Å²) in [5.41, 5.74) is -0.650. The Kier molecular flexibility index (Phi) is 6.53. The van der Waals surface area contributed by atoms with E-state index in [1.54, 1.807) is 23.8 Å². The minimum atomic E-state index is -3.31. The van der Waals surface area contributed by atoms with Crippen molar-refractivity contribution in [2.24, 2.45) is 0 Å². The molecule has 1 saturated carbocycles. The highest BCUT2D eigenvalue weighted by Crippen LogP contribution is 2.39. The number of rotatable bonds is 7. The maximum absolute atomic E-state index is 12.7. The molecule has 0 radical (unpaired) electrons. The van der Waals surface area contributed by atoms with Crippen molar-refractivity contribution in [1.29, 1.82) is 0 Å². The van der Waals surface area contributed by atoms with Crippen molar-refractivity contribution in [3.63, 3.8) is 0 Å². The average molecular weight is 466 g/mol. The molecule has 0 aromatic carbocycles. The van der Waals surface area contributed by atoms with E-state index < -0.39 is 15.6 Å². The quantitative estimate of drug-likeness (QED) is 0.623. The molecule has 3 heterocycles. The van der Waals surface area contributed by atoms with E-state index in [1.807, 2.05) is 0 Å². The summed E-state index contributed by atoms with van der Waals surface area (Å²) in [6.07, 6.45) is 5.15. The van der Waals surface area contributed by atoms with Crippen LogP contribution in [0.15, 0.2) is 23.1 Å². The monoisotopic (exact) mass is 465 g/mol. The van der Waals surface area contributed by atoms with Gasteiger partial charge >= 0.3 is 0 Å². The van der Waals surface area contributed by atoms with Gasteiger partial charge in [-0.05, 0) is 45.1 Å². The van der Waals surface area contributed by atoms with Crippen molar-refractivity contribution in [2.75, 3.05) is 37.9 Å². The molecule has 0 spiro atoms. The fraction of sp³-hybridized carbons (Fsp3) is 0.667. The molecular weight excluding hydrogens is 434 g/mol. The van der Waals surface area contributed by atoms with Gasteiger partial charge in [0.1, 0.15) is 5.65 Å². The second-order valence-electron chi connectivity index (χ2n) is 8.91. The Morgan fingerprint density at radius 2 is 2.03 bits per heavy atom. The Morgan fingerprint density at radius 3 is 2.69 bits per heavy atom. The summed E-state index contributed by atoms with van der Waals surface area (Å²) in [6.45, 7) is 2.80. The molecule has 1 aliphatic carbocycles. The summed E-state index contributed by atoms with van der Waals surface area (Å²) < 4.78 is 32.7. The second kappa shape index (κ2) is 9.05. The fourth-order valence-corrected chi connectivity index (χ4v) is 6.13. The molecule has 2 atom stereocenters. The van der Waals surface area contributed by atoms with Gasteiger partial charge in [0.15, 0.2) is 0 Å². The lowest BCUT2D eigenvalue weighted by atomic mass is 10.00. The van der Waals surface area contributed by atoms with Crippen LogP contribution in [0.4, 0.5) is 5.95 Å². The van der Waals surface area contributed by atoms with Gasteiger partial charge in [0, 0.05) is 43.9 Å². The largest absolute Gasteiger partial charge is 0.388 e. The van der Waals surface area contributed by atoms with Crippen molar-refractivity contribution in [1.82, 2.24) is 18.8 Å². The lowest BCUT2D eigenvalue weighted by Crippen LogP contribution is -2.44. The van der Waals surface area contributed by atoms with Gasteiger partial charge in [-0.25, -0.2) is 17.7 Å². The molecule has 11 heteroatoms. The molecule has 32 heavy (non-hydrogen) atoms. The van der Waals surface area contributed by atoms with Gasteiger partial charge in [0.2, 0.25) is 16.0 Å². The van der Waals surface area contributed by atoms with E-state index in [0.29, 0.717) is 43.9 Å². The number of hydrogen-bond acceptors (Lipinski definition) is 8. The molecule has 1 saturated heterocycles. The lowest BCUT2D eigenvalue weighted by molar-refractivity contribution is 0.0267. The summed E-state index contributed by atoms with van der Waals surface area (Å²) in [5, 5.41) is 14.8. The van der Waals surface area contributed by atoms with Gasteiger partial charge < -0.3 is 15.2 Å². The first-order valence-corrected chi connectivity index (χ1v) is 12.7. The van der Waals surface area contributed by atoms with Crippen LogP contribution in [0.25, 0.3) is 11.0 Å². The highest BCUT2D eigenvalue weighted by molar-refractivity contribution is 7.89. The summed E-state index contributed by atoms with van der Waals surface area (Å²) in [7, 11) is -1.83. The molecule has 176 valence electrons. The summed E-state index contributed by atoms with van der Waals surface area (Å²) in [4.78, 5) is 21.7. The highest BCUT2D eigenvalue weighted by atomic mass is 32.2. The minimum Gasteiger partial charge on any atom is -0.388 e. The standard InChI is InChI=1S/C21H31N5O5S/c1-21(28)9-3-4-17(21)26-18(27)6-5-15-14-22-20(24-19(15)26)23-16-7-10-25(11-8-16)32(29,30)13-12-31-2/h5-6,14,16-17,28H,3-4,7-13H2,1-2H3,(H,22,23,24)/t17-,21-/m0/s1. The predicted molar refractivity (Wildman–Crippen MR) is 121 cm³/mol. The van der Waals surface area contributed by atoms with Crippen molar-refractivity contribution in [3.05, 3.63) is 28.7 Å². The van der Waals surface area contributed by atoms with Crippen LogP contribution < -0.4 is 10.9 Å². The topological polar surface area (TPSA) is 127 Å². The third kappa shape index (κ3) is 4.66.